The molecule has 1 fully saturated rings. The predicted molar refractivity (Wildman–Crippen MR) is 73.1 cm³/mol. The summed E-state index contributed by atoms with van der Waals surface area (Å²) in [5.41, 5.74) is 6.44. The monoisotopic (exact) mass is 284 g/mol. The Morgan fingerprint density at radius 1 is 1.37 bits per heavy atom. The van der Waals surface area contributed by atoms with Crippen molar-refractivity contribution in [3.8, 4) is 0 Å². The van der Waals surface area contributed by atoms with Crippen LogP contribution < -0.4 is 5.73 Å². The van der Waals surface area contributed by atoms with E-state index in [1.54, 1.807) is 31.4 Å². The summed E-state index contributed by atoms with van der Waals surface area (Å²) in [4.78, 5) is 0.336. The van der Waals surface area contributed by atoms with E-state index in [0.29, 0.717) is 37.1 Å². The van der Waals surface area contributed by atoms with Gasteiger partial charge in [0.05, 0.1) is 11.5 Å². The molecule has 5 nitrogen and oxygen atoms in total. The summed E-state index contributed by atoms with van der Waals surface area (Å²) >= 11 is 0. The van der Waals surface area contributed by atoms with Crippen molar-refractivity contribution >= 4 is 10.0 Å². The molecule has 0 bridgehead atoms. The highest BCUT2D eigenvalue weighted by molar-refractivity contribution is 7.89. The van der Waals surface area contributed by atoms with E-state index in [1.807, 2.05) is 0 Å². The standard InChI is InChI=1S/C13H20N2O3S/c1-18-10-12-6-7-15(9-12)19(16,17)13-4-2-11(8-14)3-5-13/h2-5,12H,6-10,14H2,1H3. The van der Waals surface area contributed by atoms with Crippen LogP contribution in [0.1, 0.15) is 12.0 Å². The maximum atomic E-state index is 12.4. The van der Waals surface area contributed by atoms with Gasteiger partial charge in [0, 0.05) is 26.7 Å². The Labute approximate surface area is 114 Å². The van der Waals surface area contributed by atoms with E-state index < -0.39 is 10.0 Å². The molecule has 6 heteroatoms. The van der Waals surface area contributed by atoms with Crippen LogP contribution in [0.25, 0.3) is 0 Å². The highest BCUT2D eigenvalue weighted by Gasteiger charge is 2.32. The smallest absolute Gasteiger partial charge is 0.243 e. The molecule has 0 aromatic heterocycles. The second kappa shape index (κ2) is 6.00. The average Bonchev–Trinajstić information content (AvgIpc) is 2.89. The number of methoxy groups -OCH3 is 1. The summed E-state index contributed by atoms with van der Waals surface area (Å²) in [6.45, 7) is 2.13. The Morgan fingerprint density at radius 3 is 2.63 bits per heavy atom. The lowest BCUT2D eigenvalue weighted by Crippen LogP contribution is -2.29. The van der Waals surface area contributed by atoms with Crippen molar-refractivity contribution in [2.75, 3.05) is 26.8 Å². The first-order valence-corrected chi connectivity index (χ1v) is 7.80. The van der Waals surface area contributed by atoms with E-state index in [2.05, 4.69) is 0 Å². The van der Waals surface area contributed by atoms with Crippen molar-refractivity contribution in [2.24, 2.45) is 11.7 Å². The van der Waals surface area contributed by atoms with E-state index in [0.717, 1.165) is 12.0 Å². The summed E-state index contributed by atoms with van der Waals surface area (Å²) in [6.07, 6.45) is 0.855. The van der Waals surface area contributed by atoms with Crippen LogP contribution >= 0.6 is 0 Å². The van der Waals surface area contributed by atoms with Crippen LogP contribution in [0.15, 0.2) is 29.2 Å². The predicted octanol–water partition coefficient (Wildman–Crippen LogP) is 0.802. The molecule has 1 heterocycles. The Hall–Kier alpha value is -0.950. The lowest BCUT2D eigenvalue weighted by molar-refractivity contribution is 0.157. The summed E-state index contributed by atoms with van der Waals surface area (Å²) in [7, 11) is -1.74. The molecule has 1 saturated heterocycles. The first kappa shape index (κ1) is 14.5. The molecule has 0 saturated carbocycles. The molecule has 19 heavy (non-hydrogen) atoms. The Balaban J connectivity index is 2.13. The van der Waals surface area contributed by atoms with Gasteiger partial charge in [-0.25, -0.2) is 8.42 Å². The zero-order valence-corrected chi connectivity index (χ0v) is 11.9. The number of hydrogen-bond donors (Lipinski definition) is 1. The molecule has 106 valence electrons. The van der Waals surface area contributed by atoms with Gasteiger partial charge in [0.25, 0.3) is 0 Å². The molecule has 1 aliphatic heterocycles. The molecule has 1 atom stereocenters. The molecule has 0 radical (unpaired) electrons. The van der Waals surface area contributed by atoms with Gasteiger partial charge in [-0.05, 0) is 30.0 Å². The van der Waals surface area contributed by atoms with Crippen LogP contribution in [0, 0.1) is 5.92 Å². The SMILES string of the molecule is COCC1CCN(S(=O)(=O)c2ccc(CN)cc2)C1. The maximum Gasteiger partial charge on any atom is 0.243 e. The summed E-state index contributed by atoms with van der Waals surface area (Å²) < 4.78 is 31.5. The number of nitrogens with two attached hydrogens (primary N) is 1. The van der Waals surface area contributed by atoms with Crippen molar-refractivity contribution in [1.29, 1.82) is 0 Å². The van der Waals surface area contributed by atoms with Gasteiger partial charge in [-0.3, -0.25) is 0 Å². The molecule has 1 unspecified atom stereocenters. The molecular formula is C13H20N2O3S. The highest BCUT2D eigenvalue weighted by Crippen LogP contribution is 2.24. The lowest BCUT2D eigenvalue weighted by Gasteiger charge is -2.16. The van der Waals surface area contributed by atoms with Crippen molar-refractivity contribution < 1.29 is 13.2 Å². The number of nitrogens with zero attached hydrogens (tertiary/aromatic N) is 1. The molecule has 2 N–H and O–H groups in total. The fourth-order valence-corrected chi connectivity index (χ4v) is 3.86. The first-order valence-electron chi connectivity index (χ1n) is 6.36. The topological polar surface area (TPSA) is 72.6 Å². The van der Waals surface area contributed by atoms with Gasteiger partial charge < -0.3 is 10.5 Å². The van der Waals surface area contributed by atoms with Crippen LogP contribution in [0.5, 0.6) is 0 Å². The van der Waals surface area contributed by atoms with Crippen LogP contribution in [0.4, 0.5) is 0 Å². The molecule has 1 aromatic rings. The Morgan fingerprint density at radius 2 is 2.05 bits per heavy atom. The molecular weight excluding hydrogens is 264 g/mol. The molecule has 0 aliphatic carbocycles. The van der Waals surface area contributed by atoms with Gasteiger partial charge in [0.1, 0.15) is 0 Å². The van der Waals surface area contributed by atoms with E-state index in [-0.39, 0.29) is 0 Å². The lowest BCUT2D eigenvalue weighted by atomic mass is 10.1. The van der Waals surface area contributed by atoms with Crippen LogP contribution in [0.3, 0.4) is 0 Å². The minimum atomic E-state index is -3.38. The minimum Gasteiger partial charge on any atom is -0.384 e. The number of hydrogen-bond acceptors (Lipinski definition) is 4. The van der Waals surface area contributed by atoms with Gasteiger partial charge >= 0.3 is 0 Å². The fourth-order valence-electron chi connectivity index (χ4n) is 2.33. The fraction of sp³-hybridized carbons (Fsp3) is 0.538. The first-order chi connectivity index (χ1) is 9.07. The highest BCUT2D eigenvalue weighted by atomic mass is 32.2. The maximum absolute atomic E-state index is 12.4. The van der Waals surface area contributed by atoms with E-state index in [1.165, 1.54) is 4.31 Å². The molecule has 1 aromatic carbocycles. The normalized spacial score (nSPS) is 20.8. The number of benzene rings is 1. The molecule has 0 spiro atoms. The Bertz CT molecular complexity index is 513. The zero-order valence-electron chi connectivity index (χ0n) is 11.1. The minimum absolute atomic E-state index is 0.295. The van der Waals surface area contributed by atoms with Crippen molar-refractivity contribution in [3.05, 3.63) is 29.8 Å². The van der Waals surface area contributed by atoms with Crippen LogP contribution in [-0.4, -0.2) is 39.5 Å². The molecule has 2 rings (SSSR count). The van der Waals surface area contributed by atoms with Gasteiger partial charge in [-0.1, -0.05) is 12.1 Å². The summed E-state index contributed by atoms with van der Waals surface area (Å²) in [6, 6.07) is 6.77. The third-order valence-corrected chi connectivity index (χ3v) is 5.33. The number of sulfonamides is 1. The quantitative estimate of drug-likeness (QED) is 0.868. The Kier molecular flexibility index (Phi) is 4.57. The second-order valence-electron chi connectivity index (χ2n) is 4.82. The zero-order chi connectivity index (χ0) is 13.9. The van der Waals surface area contributed by atoms with Gasteiger partial charge in [-0.15, -0.1) is 0 Å². The third kappa shape index (κ3) is 3.14. The largest absolute Gasteiger partial charge is 0.384 e. The van der Waals surface area contributed by atoms with Crippen molar-refractivity contribution in [1.82, 2.24) is 4.31 Å². The second-order valence-corrected chi connectivity index (χ2v) is 6.76. The van der Waals surface area contributed by atoms with Gasteiger partial charge in [0.2, 0.25) is 10.0 Å². The van der Waals surface area contributed by atoms with Crippen LogP contribution in [0.2, 0.25) is 0 Å². The third-order valence-electron chi connectivity index (χ3n) is 3.45. The van der Waals surface area contributed by atoms with E-state index >= 15 is 0 Å². The van der Waals surface area contributed by atoms with Crippen LogP contribution in [-0.2, 0) is 21.3 Å². The van der Waals surface area contributed by atoms with Gasteiger partial charge in [0.15, 0.2) is 0 Å². The molecule has 1 aliphatic rings. The van der Waals surface area contributed by atoms with Crippen molar-refractivity contribution in [3.63, 3.8) is 0 Å². The van der Waals surface area contributed by atoms with E-state index in [9.17, 15) is 8.42 Å². The summed E-state index contributed by atoms with van der Waals surface area (Å²) in [5.74, 6) is 0.295. The van der Waals surface area contributed by atoms with E-state index in [4.69, 9.17) is 10.5 Å². The average molecular weight is 284 g/mol. The molecule has 0 amide bonds. The number of rotatable bonds is 5. The van der Waals surface area contributed by atoms with Gasteiger partial charge in [-0.2, -0.15) is 4.31 Å². The van der Waals surface area contributed by atoms with Crippen molar-refractivity contribution in [2.45, 2.75) is 17.9 Å². The summed E-state index contributed by atoms with van der Waals surface area (Å²) in [5, 5.41) is 0. The number of ether oxygens (including phenoxy) is 1.